The van der Waals surface area contributed by atoms with E-state index in [-0.39, 0.29) is 12.6 Å². The van der Waals surface area contributed by atoms with Crippen LogP contribution in [0.25, 0.3) is 0 Å². The highest BCUT2D eigenvalue weighted by atomic mass is 28.3. The SMILES string of the molecule is C=C[Si](C)(C)c1cccc(N(C)C(=O)C(C)(F)C(F)(F)F)c1. The molecule has 122 valence electrons. The van der Waals surface area contributed by atoms with Gasteiger partial charge in [-0.2, -0.15) is 13.2 Å². The molecule has 22 heavy (non-hydrogen) atoms. The molecule has 1 aromatic rings. The van der Waals surface area contributed by atoms with E-state index < -0.39 is 25.8 Å². The molecule has 0 spiro atoms. The lowest BCUT2D eigenvalue weighted by Gasteiger charge is -2.29. The first kappa shape index (κ1) is 18.4. The molecule has 0 N–H and O–H groups in total. The molecule has 1 amide bonds. The monoisotopic (exact) mass is 333 g/mol. The Bertz CT molecular complexity index is 581. The molecule has 0 aliphatic heterocycles. The predicted molar refractivity (Wildman–Crippen MR) is 82.7 cm³/mol. The summed E-state index contributed by atoms with van der Waals surface area (Å²) in [6, 6.07) is 6.55. The Balaban J connectivity index is 3.20. The number of halogens is 4. The van der Waals surface area contributed by atoms with Crippen LogP contribution in [0.3, 0.4) is 0 Å². The van der Waals surface area contributed by atoms with Crippen molar-refractivity contribution in [1.29, 1.82) is 0 Å². The number of anilines is 1. The third kappa shape index (κ3) is 3.40. The van der Waals surface area contributed by atoms with Crippen LogP contribution in [-0.2, 0) is 4.79 Å². The van der Waals surface area contributed by atoms with Crippen molar-refractivity contribution in [2.75, 3.05) is 11.9 Å². The highest BCUT2D eigenvalue weighted by Gasteiger charge is 2.59. The van der Waals surface area contributed by atoms with E-state index in [9.17, 15) is 22.4 Å². The van der Waals surface area contributed by atoms with Gasteiger partial charge in [-0.05, 0) is 19.1 Å². The number of hydrogen-bond acceptors (Lipinski definition) is 1. The Kier molecular flexibility index (Phi) is 4.91. The first-order valence-corrected chi connectivity index (χ1v) is 9.70. The zero-order valence-corrected chi connectivity index (χ0v) is 14.0. The van der Waals surface area contributed by atoms with Gasteiger partial charge in [0.2, 0.25) is 0 Å². The maximum Gasteiger partial charge on any atom is 0.431 e. The van der Waals surface area contributed by atoms with E-state index in [1.165, 1.54) is 6.07 Å². The van der Waals surface area contributed by atoms with E-state index in [1.807, 2.05) is 24.9 Å². The van der Waals surface area contributed by atoms with Gasteiger partial charge in [0.1, 0.15) is 8.07 Å². The Labute approximate surface area is 128 Å². The fraction of sp³-hybridized carbons (Fsp3) is 0.400. The Morgan fingerprint density at radius 1 is 1.27 bits per heavy atom. The Morgan fingerprint density at radius 3 is 2.27 bits per heavy atom. The molecule has 0 saturated heterocycles. The van der Waals surface area contributed by atoms with Gasteiger partial charge in [-0.1, -0.05) is 36.1 Å². The molecule has 0 radical (unpaired) electrons. The van der Waals surface area contributed by atoms with Crippen molar-refractivity contribution in [2.45, 2.75) is 31.9 Å². The van der Waals surface area contributed by atoms with Gasteiger partial charge >= 0.3 is 6.18 Å². The summed E-state index contributed by atoms with van der Waals surface area (Å²) in [6.45, 7) is 8.02. The van der Waals surface area contributed by atoms with Crippen molar-refractivity contribution in [1.82, 2.24) is 0 Å². The largest absolute Gasteiger partial charge is 0.431 e. The van der Waals surface area contributed by atoms with E-state index in [4.69, 9.17) is 0 Å². The van der Waals surface area contributed by atoms with Crippen LogP contribution in [0.4, 0.5) is 23.2 Å². The molecule has 0 saturated carbocycles. The molecule has 1 unspecified atom stereocenters. The number of nitrogens with zero attached hydrogens (tertiary/aromatic N) is 1. The summed E-state index contributed by atoms with van der Waals surface area (Å²) >= 11 is 0. The zero-order valence-electron chi connectivity index (χ0n) is 13.0. The van der Waals surface area contributed by atoms with Crippen LogP contribution in [0.5, 0.6) is 0 Å². The molecule has 0 fully saturated rings. The first-order valence-electron chi connectivity index (χ1n) is 6.62. The van der Waals surface area contributed by atoms with Gasteiger partial charge in [0.15, 0.2) is 0 Å². The van der Waals surface area contributed by atoms with E-state index in [0.29, 0.717) is 4.90 Å². The van der Waals surface area contributed by atoms with Crippen molar-refractivity contribution in [3.8, 4) is 0 Å². The van der Waals surface area contributed by atoms with Crippen LogP contribution in [0.1, 0.15) is 6.92 Å². The Hall–Kier alpha value is -1.63. The third-order valence-corrected chi connectivity index (χ3v) is 6.55. The van der Waals surface area contributed by atoms with Crippen LogP contribution in [0, 0.1) is 0 Å². The second-order valence-electron chi connectivity index (χ2n) is 5.84. The standard InChI is InChI=1S/C15H19F4NOSi/c1-6-22(4,5)12-9-7-8-11(10-12)20(3)13(21)14(2,16)15(17,18)19/h6-10H,1H2,2-5H3. The molecular formula is C15H19F4NOSi. The summed E-state index contributed by atoms with van der Waals surface area (Å²) in [5.74, 6) is -1.64. The van der Waals surface area contributed by atoms with Gasteiger partial charge in [0.05, 0.1) is 0 Å². The van der Waals surface area contributed by atoms with Crippen molar-refractivity contribution in [3.63, 3.8) is 0 Å². The maximum absolute atomic E-state index is 13.8. The lowest BCUT2D eigenvalue weighted by molar-refractivity contribution is -0.219. The highest BCUT2D eigenvalue weighted by molar-refractivity contribution is 6.93. The number of carbonyl (C=O) groups is 1. The van der Waals surface area contributed by atoms with Gasteiger partial charge in [-0.15, -0.1) is 6.58 Å². The second kappa shape index (κ2) is 5.87. The minimum Gasteiger partial charge on any atom is -0.312 e. The second-order valence-corrected chi connectivity index (χ2v) is 10.3. The average Bonchev–Trinajstić information content (AvgIpc) is 2.44. The smallest absolute Gasteiger partial charge is 0.312 e. The molecule has 0 aliphatic rings. The number of carbonyl (C=O) groups excluding carboxylic acids is 1. The summed E-state index contributed by atoms with van der Waals surface area (Å²) in [6.07, 6.45) is -5.26. The minimum atomic E-state index is -5.26. The topological polar surface area (TPSA) is 20.3 Å². The number of benzene rings is 1. The van der Waals surface area contributed by atoms with E-state index in [1.54, 1.807) is 12.1 Å². The van der Waals surface area contributed by atoms with Crippen LogP contribution in [0.15, 0.2) is 36.5 Å². The molecule has 0 aliphatic carbocycles. The third-order valence-electron chi connectivity index (χ3n) is 3.73. The minimum absolute atomic E-state index is 0.220. The molecule has 1 aromatic carbocycles. The zero-order chi connectivity index (χ0) is 17.3. The molecular weight excluding hydrogens is 314 g/mol. The summed E-state index contributed by atoms with van der Waals surface area (Å²) in [5, 5.41) is 0.896. The van der Waals surface area contributed by atoms with Crippen LogP contribution in [-0.4, -0.2) is 32.9 Å². The number of rotatable bonds is 4. The van der Waals surface area contributed by atoms with Crippen LogP contribution in [0.2, 0.25) is 13.1 Å². The van der Waals surface area contributed by atoms with Crippen molar-refractivity contribution >= 4 is 24.9 Å². The lowest BCUT2D eigenvalue weighted by Crippen LogP contribution is -2.52. The van der Waals surface area contributed by atoms with Crippen molar-refractivity contribution < 1.29 is 22.4 Å². The normalized spacial score (nSPS) is 15.1. The molecule has 1 rings (SSSR count). The summed E-state index contributed by atoms with van der Waals surface area (Å²) < 4.78 is 51.8. The molecule has 7 heteroatoms. The van der Waals surface area contributed by atoms with Crippen molar-refractivity contribution in [2.24, 2.45) is 0 Å². The van der Waals surface area contributed by atoms with E-state index >= 15 is 0 Å². The summed E-state index contributed by atoms with van der Waals surface area (Å²) in [5.41, 5.74) is -1.88. The Morgan fingerprint density at radius 2 is 1.82 bits per heavy atom. The fourth-order valence-electron chi connectivity index (χ4n) is 1.79. The number of alkyl halides is 4. The van der Waals surface area contributed by atoms with Gasteiger partial charge in [-0.25, -0.2) is 4.39 Å². The molecule has 0 aromatic heterocycles. The van der Waals surface area contributed by atoms with Gasteiger partial charge < -0.3 is 4.90 Å². The first-order chi connectivity index (χ1) is 9.84. The van der Waals surface area contributed by atoms with Gasteiger partial charge in [0, 0.05) is 12.7 Å². The predicted octanol–water partition coefficient (Wildman–Crippen LogP) is 3.58. The summed E-state index contributed by atoms with van der Waals surface area (Å²) in [7, 11) is -0.806. The lowest BCUT2D eigenvalue weighted by atomic mass is 10.1. The van der Waals surface area contributed by atoms with E-state index in [2.05, 4.69) is 6.58 Å². The molecule has 1 atom stereocenters. The van der Waals surface area contributed by atoms with Crippen molar-refractivity contribution in [3.05, 3.63) is 36.5 Å². The average molecular weight is 333 g/mol. The molecule has 0 heterocycles. The van der Waals surface area contributed by atoms with E-state index in [0.717, 1.165) is 12.2 Å². The fourth-order valence-corrected chi connectivity index (χ4v) is 3.07. The van der Waals surface area contributed by atoms with Gasteiger partial charge in [-0.3, -0.25) is 4.79 Å². The number of amides is 1. The quantitative estimate of drug-likeness (QED) is 0.609. The highest BCUT2D eigenvalue weighted by Crippen LogP contribution is 2.35. The van der Waals surface area contributed by atoms with Crippen LogP contribution < -0.4 is 10.1 Å². The van der Waals surface area contributed by atoms with Crippen LogP contribution >= 0.6 is 0 Å². The molecule has 0 bridgehead atoms. The molecule has 2 nitrogen and oxygen atoms in total. The number of hydrogen-bond donors (Lipinski definition) is 0. The maximum atomic E-state index is 13.8. The summed E-state index contributed by atoms with van der Waals surface area (Å²) in [4.78, 5) is 12.6. The van der Waals surface area contributed by atoms with Gasteiger partial charge in [0.25, 0.3) is 11.6 Å².